The summed E-state index contributed by atoms with van der Waals surface area (Å²) >= 11 is 0. The van der Waals surface area contributed by atoms with Crippen molar-refractivity contribution in [3.63, 3.8) is 0 Å². The molecule has 1 fully saturated rings. The Morgan fingerprint density at radius 2 is 1.57 bits per heavy atom. The van der Waals surface area contributed by atoms with Crippen LogP contribution in [0, 0.1) is 5.41 Å². The van der Waals surface area contributed by atoms with Crippen LogP contribution in [0.25, 0.3) is 0 Å². The van der Waals surface area contributed by atoms with Crippen molar-refractivity contribution in [1.82, 2.24) is 15.1 Å². The number of rotatable bonds is 2. The molecule has 1 rings (SSSR count). The summed E-state index contributed by atoms with van der Waals surface area (Å²) in [6, 6.07) is -1.33. The highest BCUT2D eigenvalue weighted by atomic mass is 16.4. The van der Waals surface area contributed by atoms with E-state index < -0.39 is 17.4 Å². The molecule has 1 saturated heterocycles. The van der Waals surface area contributed by atoms with Crippen LogP contribution in [0.4, 0.5) is 4.79 Å². The van der Waals surface area contributed by atoms with Gasteiger partial charge in [0.1, 0.15) is 6.04 Å². The van der Waals surface area contributed by atoms with Crippen LogP contribution in [-0.4, -0.2) is 65.0 Å². The first-order valence-corrected chi connectivity index (χ1v) is 7.16. The van der Waals surface area contributed by atoms with Gasteiger partial charge in [0.2, 0.25) is 5.91 Å². The molecule has 1 heterocycles. The van der Waals surface area contributed by atoms with Crippen LogP contribution >= 0.6 is 0 Å². The van der Waals surface area contributed by atoms with Crippen LogP contribution in [0.5, 0.6) is 0 Å². The minimum Gasteiger partial charge on any atom is -0.480 e. The fourth-order valence-electron chi connectivity index (χ4n) is 2.30. The fourth-order valence-corrected chi connectivity index (χ4v) is 2.30. The van der Waals surface area contributed by atoms with Crippen molar-refractivity contribution in [2.75, 3.05) is 26.2 Å². The fraction of sp³-hybridized carbons (Fsp3) is 0.786. The zero-order valence-corrected chi connectivity index (χ0v) is 13.2. The summed E-state index contributed by atoms with van der Waals surface area (Å²) in [4.78, 5) is 38.2. The van der Waals surface area contributed by atoms with Crippen molar-refractivity contribution in [2.24, 2.45) is 5.41 Å². The second-order valence-electron chi connectivity index (χ2n) is 6.43. The number of nitrogens with zero attached hydrogens (tertiary/aromatic N) is 2. The van der Waals surface area contributed by atoms with Crippen LogP contribution in [0.3, 0.4) is 0 Å². The molecule has 0 unspecified atom stereocenters. The smallest absolute Gasteiger partial charge is 0.326 e. The molecule has 0 radical (unpaired) electrons. The van der Waals surface area contributed by atoms with Crippen molar-refractivity contribution in [3.8, 4) is 0 Å². The molecule has 0 spiro atoms. The van der Waals surface area contributed by atoms with Gasteiger partial charge < -0.3 is 20.2 Å². The Kier molecular flexibility index (Phi) is 5.57. The Morgan fingerprint density at radius 3 is 2.05 bits per heavy atom. The number of hydrogen-bond acceptors (Lipinski definition) is 3. The first kappa shape index (κ1) is 17.3. The maximum absolute atomic E-state index is 12.2. The van der Waals surface area contributed by atoms with Crippen molar-refractivity contribution >= 4 is 17.9 Å². The average molecular weight is 299 g/mol. The Bertz CT molecular complexity index is 417. The van der Waals surface area contributed by atoms with Crippen LogP contribution in [0.1, 0.15) is 34.1 Å². The number of carbonyl (C=O) groups excluding carboxylic acids is 2. The van der Waals surface area contributed by atoms with E-state index in [1.807, 2.05) is 0 Å². The second-order valence-corrected chi connectivity index (χ2v) is 6.43. The highest BCUT2D eigenvalue weighted by Crippen LogP contribution is 2.19. The predicted molar refractivity (Wildman–Crippen MR) is 77.9 cm³/mol. The largest absolute Gasteiger partial charge is 0.480 e. The highest BCUT2D eigenvalue weighted by molar-refractivity contribution is 5.83. The molecule has 0 bridgehead atoms. The normalized spacial score (nSPS) is 17.9. The summed E-state index contributed by atoms with van der Waals surface area (Å²) in [6.45, 7) is 8.87. The van der Waals surface area contributed by atoms with Crippen LogP contribution in [0.15, 0.2) is 0 Å². The predicted octanol–water partition coefficient (Wildman–Crippen LogP) is 0.750. The minimum atomic E-state index is -1.05. The van der Waals surface area contributed by atoms with Crippen LogP contribution in [0.2, 0.25) is 0 Å². The van der Waals surface area contributed by atoms with Gasteiger partial charge in [-0.1, -0.05) is 20.8 Å². The number of carboxylic acid groups (broad SMARTS) is 1. The molecule has 0 aromatic carbocycles. The first-order chi connectivity index (χ1) is 9.62. The molecule has 3 amide bonds. The van der Waals surface area contributed by atoms with Gasteiger partial charge in [-0.3, -0.25) is 4.79 Å². The van der Waals surface area contributed by atoms with Crippen molar-refractivity contribution in [1.29, 1.82) is 0 Å². The van der Waals surface area contributed by atoms with Gasteiger partial charge in [0, 0.05) is 33.1 Å². The lowest BCUT2D eigenvalue weighted by atomic mass is 9.87. The Hall–Kier alpha value is -1.79. The van der Waals surface area contributed by atoms with Gasteiger partial charge in [-0.15, -0.1) is 0 Å². The number of carboxylic acids is 1. The summed E-state index contributed by atoms with van der Waals surface area (Å²) in [5.41, 5.74) is -0.571. The number of carbonyl (C=O) groups is 3. The van der Waals surface area contributed by atoms with Gasteiger partial charge in [0.25, 0.3) is 0 Å². The van der Waals surface area contributed by atoms with Gasteiger partial charge in [-0.25, -0.2) is 9.59 Å². The third-order valence-corrected chi connectivity index (χ3v) is 3.61. The average Bonchev–Trinajstić information content (AvgIpc) is 2.59. The summed E-state index contributed by atoms with van der Waals surface area (Å²) in [5.74, 6) is -1.05. The number of nitrogens with one attached hydrogen (secondary N) is 1. The Labute approximate surface area is 125 Å². The maximum Gasteiger partial charge on any atom is 0.326 e. The van der Waals surface area contributed by atoms with E-state index in [9.17, 15) is 19.5 Å². The van der Waals surface area contributed by atoms with E-state index in [1.54, 1.807) is 30.6 Å². The van der Waals surface area contributed by atoms with E-state index in [4.69, 9.17) is 0 Å². The van der Waals surface area contributed by atoms with Gasteiger partial charge in [0.05, 0.1) is 0 Å². The standard InChI is InChI=1S/C14H25N3O4/c1-10(18)16-6-5-7-17(9-8-16)13(21)15-11(12(19)20)14(2,3)4/h11H,5-9H2,1-4H3,(H,15,21)(H,19,20)/t11-/m0/s1. The van der Waals surface area contributed by atoms with Gasteiger partial charge >= 0.3 is 12.0 Å². The van der Waals surface area contributed by atoms with E-state index in [2.05, 4.69) is 5.32 Å². The molecule has 7 nitrogen and oxygen atoms in total. The molecule has 7 heteroatoms. The lowest BCUT2D eigenvalue weighted by Gasteiger charge is -2.30. The van der Waals surface area contributed by atoms with Crippen molar-refractivity contribution < 1.29 is 19.5 Å². The molecule has 0 aliphatic carbocycles. The summed E-state index contributed by atoms with van der Waals surface area (Å²) in [6.07, 6.45) is 0.695. The molecular formula is C14H25N3O4. The van der Waals surface area contributed by atoms with Gasteiger partial charge in [0.15, 0.2) is 0 Å². The molecule has 0 aromatic heterocycles. The van der Waals surface area contributed by atoms with E-state index in [1.165, 1.54) is 6.92 Å². The SMILES string of the molecule is CC(=O)N1CCCN(C(=O)N[C@@H](C(=O)O)C(C)(C)C)CC1. The van der Waals surface area contributed by atoms with E-state index in [-0.39, 0.29) is 11.9 Å². The topological polar surface area (TPSA) is 90.0 Å². The lowest BCUT2D eigenvalue weighted by Crippen LogP contribution is -2.53. The maximum atomic E-state index is 12.2. The third kappa shape index (κ3) is 4.91. The minimum absolute atomic E-state index is 0.00429. The molecule has 0 aromatic rings. The quantitative estimate of drug-likeness (QED) is 0.787. The Balaban J connectivity index is 2.66. The molecular weight excluding hydrogens is 274 g/mol. The summed E-state index contributed by atoms with van der Waals surface area (Å²) in [5, 5.41) is 11.8. The number of amides is 3. The lowest BCUT2D eigenvalue weighted by molar-refractivity contribution is -0.142. The van der Waals surface area contributed by atoms with Crippen LogP contribution in [-0.2, 0) is 9.59 Å². The van der Waals surface area contributed by atoms with Crippen molar-refractivity contribution in [3.05, 3.63) is 0 Å². The molecule has 1 atom stereocenters. The monoisotopic (exact) mass is 299 g/mol. The molecule has 1 aliphatic rings. The first-order valence-electron chi connectivity index (χ1n) is 7.16. The highest BCUT2D eigenvalue weighted by Gasteiger charge is 2.34. The van der Waals surface area contributed by atoms with Gasteiger partial charge in [-0.05, 0) is 11.8 Å². The number of urea groups is 1. The Morgan fingerprint density at radius 1 is 1.05 bits per heavy atom. The third-order valence-electron chi connectivity index (χ3n) is 3.61. The molecule has 0 saturated carbocycles. The van der Waals surface area contributed by atoms with Crippen molar-refractivity contribution in [2.45, 2.75) is 40.2 Å². The molecule has 21 heavy (non-hydrogen) atoms. The zero-order valence-electron chi connectivity index (χ0n) is 13.2. The summed E-state index contributed by atoms with van der Waals surface area (Å²) in [7, 11) is 0. The molecule has 120 valence electrons. The van der Waals surface area contributed by atoms with Crippen LogP contribution < -0.4 is 5.32 Å². The zero-order chi connectivity index (χ0) is 16.2. The van der Waals surface area contributed by atoms with Gasteiger partial charge in [-0.2, -0.15) is 0 Å². The van der Waals surface area contributed by atoms with E-state index in [0.717, 1.165) is 0 Å². The van der Waals surface area contributed by atoms with E-state index >= 15 is 0 Å². The molecule has 1 aliphatic heterocycles. The number of hydrogen-bond donors (Lipinski definition) is 2. The number of aliphatic carboxylic acids is 1. The van der Waals surface area contributed by atoms with E-state index in [0.29, 0.717) is 32.6 Å². The molecule has 2 N–H and O–H groups in total. The second kappa shape index (κ2) is 6.78. The summed E-state index contributed by atoms with van der Waals surface area (Å²) < 4.78 is 0.